The first-order valence-corrected chi connectivity index (χ1v) is 11.8. The molecule has 33 heavy (non-hydrogen) atoms. The number of fused-ring (bicyclic) bond motifs is 1. The first-order chi connectivity index (χ1) is 16.1. The highest BCUT2D eigenvalue weighted by Crippen LogP contribution is 2.30. The molecule has 9 nitrogen and oxygen atoms in total. The van der Waals surface area contributed by atoms with Crippen molar-refractivity contribution in [2.75, 3.05) is 26.3 Å². The molecule has 0 radical (unpaired) electrons. The van der Waals surface area contributed by atoms with E-state index < -0.39 is 0 Å². The van der Waals surface area contributed by atoms with E-state index in [-0.39, 0.29) is 36.5 Å². The van der Waals surface area contributed by atoms with E-state index in [1.165, 1.54) is 4.68 Å². The summed E-state index contributed by atoms with van der Waals surface area (Å²) in [7, 11) is 0. The molecule has 2 aromatic heterocycles. The Bertz CT molecular complexity index is 1150. The standard InChI is InChI=1S/C24H29N5O4/c1-16-19-6-2-3-7-20(19)29(26-16)22(31)9-8-21(30)28-12-4-5-18(15-28)24-25-23(27-33-24)17-10-13-32-14-11-17/h2-3,6-7,17-18H,4-5,8-15H2,1H3. The third-order valence-corrected chi connectivity index (χ3v) is 6.73. The summed E-state index contributed by atoms with van der Waals surface area (Å²) in [6, 6.07) is 7.64. The molecule has 9 heteroatoms. The van der Waals surface area contributed by atoms with Gasteiger partial charge in [0.15, 0.2) is 5.82 Å². The number of hydrogen-bond acceptors (Lipinski definition) is 7. The number of para-hydroxylation sites is 1. The van der Waals surface area contributed by atoms with Crippen molar-refractivity contribution in [3.8, 4) is 0 Å². The first-order valence-electron chi connectivity index (χ1n) is 11.8. The molecule has 0 N–H and O–H groups in total. The molecule has 0 spiro atoms. The minimum atomic E-state index is -0.167. The van der Waals surface area contributed by atoms with E-state index in [0.717, 1.165) is 61.3 Å². The van der Waals surface area contributed by atoms with Crippen molar-refractivity contribution < 1.29 is 18.8 Å². The van der Waals surface area contributed by atoms with Gasteiger partial charge < -0.3 is 14.2 Å². The average molecular weight is 452 g/mol. The van der Waals surface area contributed by atoms with Crippen molar-refractivity contribution in [3.63, 3.8) is 0 Å². The van der Waals surface area contributed by atoms with Crippen LogP contribution in [0.1, 0.15) is 72.6 Å². The Balaban J connectivity index is 1.19. The average Bonchev–Trinajstić information content (AvgIpc) is 3.49. The zero-order valence-electron chi connectivity index (χ0n) is 18.9. The minimum absolute atomic E-state index is 0.0228. The highest BCUT2D eigenvalue weighted by atomic mass is 16.5. The van der Waals surface area contributed by atoms with Gasteiger partial charge in [-0.25, -0.2) is 0 Å². The molecule has 2 aliphatic heterocycles. The van der Waals surface area contributed by atoms with Gasteiger partial charge in [0.25, 0.3) is 0 Å². The summed E-state index contributed by atoms with van der Waals surface area (Å²) in [6.45, 7) is 4.58. The van der Waals surface area contributed by atoms with E-state index in [4.69, 9.17) is 9.26 Å². The van der Waals surface area contributed by atoms with Crippen LogP contribution in [0.2, 0.25) is 0 Å². The fourth-order valence-electron chi connectivity index (χ4n) is 4.83. The number of ether oxygens (including phenoxy) is 1. The van der Waals surface area contributed by atoms with Crippen molar-refractivity contribution in [2.45, 2.75) is 57.3 Å². The van der Waals surface area contributed by atoms with E-state index in [0.29, 0.717) is 19.0 Å². The van der Waals surface area contributed by atoms with E-state index >= 15 is 0 Å². The topological polar surface area (TPSA) is 103 Å². The monoisotopic (exact) mass is 451 g/mol. The number of carbonyl (C=O) groups excluding carboxylic acids is 2. The maximum atomic E-state index is 12.9. The van der Waals surface area contributed by atoms with Crippen molar-refractivity contribution in [1.29, 1.82) is 0 Å². The Morgan fingerprint density at radius 2 is 1.85 bits per heavy atom. The number of piperidine rings is 1. The van der Waals surface area contributed by atoms with Gasteiger partial charge in [-0.2, -0.15) is 14.8 Å². The number of carbonyl (C=O) groups is 2. The lowest BCUT2D eigenvalue weighted by atomic mass is 9.97. The molecule has 0 saturated carbocycles. The van der Waals surface area contributed by atoms with Gasteiger partial charge in [0, 0.05) is 50.4 Å². The number of benzene rings is 1. The second-order valence-corrected chi connectivity index (χ2v) is 8.96. The summed E-state index contributed by atoms with van der Waals surface area (Å²) in [5.74, 6) is 1.50. The Kier molecular flexibility index (Phi) is 6.22. The molecule has 1 amide bonds. The quantitative estimate of drug-likeness (QED) is 0.585. The van der Waals surface area contributed by atoms with Gasteiger partial charge in [-0.05, 0) is 38.7 Å². The van der Waals surface area contributed by atoms with Crippen LogP contribution in [0.15, 0.2) is 28.8 Å². The predicted molar refractivity (Wildman–Crippen MR) is 120 cm³/mol. The largest absolute Gasteiger partial charge is 0.381 e. The molecule has 3 aromatic rings. The Morgan fingerprint density at radius 3 is 2.70 bits per heavy atom. The van der Waals surface area contributed by atoms with Gasteiger partial charge in [-0.1, -0.05) is 23.4 Å². The fourth-order valence-corrected chi connectivity index (χ4v) is 4.83. The van der Waals surface area contributed by atoms with Gasteiger partial charge in [-0.15, -0.1) is 0 Å². The smallest absolute Gasteiger partial charge is 0.247 e. The molecule has 1 aromatic carbocycles. The first kappa shape index (κ1) is 21.8. The lowest BCUT2D eigenvalue weighted by Gasteiger charge is -2.31. The molecule has 0 bridgehead atoms. The number of aryl methyl sites for hydroxylation is 1. The number of rotatable bonds is 5. The van der Waals surface area contributed by atoms with Crippen LogP contribution in [0.3, 0.4) is 0 Å². The maximum absolute atomic E-state index is 12.9. The zero-order valence-corrected chi connectivity index (χ0v) is 18.9. The fraction of sp³-hybridized carbons (Fsp3) is 0.542. The van der Waals surface area contributed by atoms with Crippen LogP contribution in [0, 0.1) is 6.92 Å². The van der Waals surface area contributed by atoms with E-state index in [1.807, 2.05) is 36.1 Å². The Labute approximate surface area is 192 Å². The molecular formula is C24H29N5O4. The molecular weight excluding hydrogens is 422 g/mol. The van der Waals surface area contributed by atoms with Gasteiger partial charge in [-0.3, -0.25) is 9.59 Å². The number of nitrogens with zero attached hydrogens (tertiary/aromatic N) is 5. The Hall–Kier alpha value is -3.07. The molecule has 5 rings (SSSR count). The highest BCUT2D eigenvalue weighted by Gasteiger charge is 2.30. The van der Waals surface area contributed by atoms with Crippen LogP contribution in [0.5, 0.6) is 0 Å². The molecule has 0 aliphatic carbocycles. The van der Waals surface area contributed by atoms with Crippen molar-refractivity contribution in [3.05, 3.63) is 41.7 Å². The summed E-state index contributed by atoms with van der Waals surface area (Å²) in [5.41, 5.74) is 1.59. The molecule has 174 valence electrons. The van der Waals surface area contributed by atoms with Crippen molar-refractivity contribution in [1.82, 2.24) is 24.8 Å². The second kappa shape index (κ2) is 9.43. The normalized spacial score (nSPS) is 19.8. The number of likely N-dealkylation sites (tertiary alicyclic amines) is 1. The van der Waals surface area contributed by atoms with Crippen LogP contribution in [-0.4, -0.2) is 62.9 Å². The Morgan fingerprint density at radius 1 is 1.06 bits per heavy atom. The van der Waals surface area contributed by atoms with Gasteiger partial charge in [0.1, 0.15) is 0 Å². The summed E-state index contributed by atoms with van der Waals surface area (Å²) in [5, 5.41) is 9.54. The van der Waals surface area contributed by atoms with E-state index in [1.54, 1.807) is 0 Å². The maximum Gasteiger partial charge on any atom is 0.247 e. The summed E-state index contributed by atoms with van der Waals surface area (Å²) < 4.78 is 12.4. The lowest BCUT2D eigenvalue weighted by Crippen LogP contribution is -2.39. The van der Waals surface area contributed by atoms with Crippen LogP contribution in [-0.2, 0) is 9.53 Å². The SMILES string of the molecule is Cc1nn(C(=O)CCC(=O)N2CCCC(c3nc(C4CCOCC4)no3)C2)c2ccccc12. The lowest BCUT2D eigenvalue weighted by molar-refractivity contribution is -0.132. The molecule has 1 unspecified atom stereocenters. The highest BCUT2D eigenvalue weighted by molar-refractivity contribution is 5.93. The number of aromatic nitrogens is 4. The molecule has 2 saturated heterocycles. The second-order valence-electron chi connectivity index (χ2n) is 8.96. The molecule has 2 aliphatic rings. The molecule has 1 atom stereocenters. The van der Waals surface area contributed by atoms with Crippen LogP contribution >= 0.6 is 0 Å². The van der Waals surface area contributed by atoms with Crippen molar-refractivity contribution >= 4 is 22.7 Å². The number of hydrogen-bond donors (Lipinski definition) is 0. The van der Waals surface area contributed by atoms with Gasteiger partial charge >= 0.3 is 0 Å². The minimum Gasteiger partial charge on any atom is -0.381 e. The zero-order chi connectivity index (χ0) is 22.8. The summed E-state index contributed by atoms with van der Waals surface area (Å²) in [6.07, 6.45) is 3.90. The number of amides is 1. The van der Waals surface area contributed by atoms with E-state index in [9.17, 15) is 9.59 Å². The van der Waals surface area contributed by atoms with E-state index in [2.05, 4.69) is 15.2 Å². The van der Waals surface area contributed by atoms with Crippen LogP contribution in [0.25, 0.3) is 10.9 Å². The van der Waals surface area contributed by atoms with Gasteiger partial charge in [0.05, 0.1) is 17.1 Å². The predicted octanol–water partition coefficient (Wildman–Crippen LogP) is 3.45. The van der Waals surface area contributed by atoms with Crippen LogP contribution < -0.4 is 0 Å². The summed E-state index contributed by atoms with van der Waals surface area (Å²) in [4.78, 5) is 32.2. The van der Waals surface area contributed by atoms with Gasteiger partial charge in [0.2, 0.25) is 17.7 Å². The van der Waals surface area contributed by atoms with Crippen LogP contribution in [0.4, 0.5) is 0 Å². The molecule has 2 fully saturated rings. The third-order valence-electron chi connectivity index (χ3n) is 6.73. The third kappa shape index (κ3) is 4.55. The van der Waals surface area contributed by atoms with Crippen molar-refractivity contribution in [2.24, 2.45) is 0 Å². The summed E-state index contributed by atoms with van der Waals surface area (Å²) >= 11 is 0. The molecule has 4 heterocycles.